The van der Waals surface area contributed by atoms with E-state index in [9.17, 15) is 27.6 Å². The molecule has 15 heteroatoms. The molecule has 0 unspecified atom stereocenters. The van der Waals surface area contributed by atoms with E-state index in [2.05, 4.69) is 16.0 Å². The summed E-state index contributed by atoms with van der Waals surface area (Å²) in [5.41, 5.74) is -2.65. The van der Waals surface area contributed by atoms with Crippen LogP contribution in [0.15, 0.2) is 42.5 Å². The van der Waals surface area contributed by atoms with Crippen molar-refractivity contribution in [2.45, 2.75) is 89.1 Å². The van der Waals surface area contributed by atoms with E-state index in [-0.39, 0.29) is 42.3 Å². The molecule has 1 aliphatic carbocycles. The number of alkyl halides is 2. The van der Waals surface area contributed by atoms with Gasteiger partial charge in [-0.1, -0.05) is 57.7 Å². The molecule has 11 nitrogen and oxygen atoms in total. The van der Waals surface area contributed by atoms with Crippen LogP contribution in [-0.4, -0.2) is 73.1 Å². The average Bonchev–Trinajstić information content (AvgIpc) is 3.41. The van der Waals surface area contributed by atoms with Gasteiger partial charge in [0.25, 0.3) is 5.91 Å². The smallest absolute Gasteiger partial charge is 0.344 e. The van der Waals surface area contributed by atoms with Crippen molar-refractivity contribution in [1.82, 2.24) is 15.5 Å². The maximum Gasteiger partial charge on any atom is 0.349 e. The van der Waals surface area contributed by atoms with E-state index < -0.39 is 74.2 Å². The number of rotatable bonds is 11. The molecule has 3 N–H and O–H groups in total. The van der Waals surface area contributed by atoms with E-state index in [1.165, 1.54) is 36.1 Å². The number of anilines is 1. The second-order valence-electron chi connectivity index (χ2n) is 13.5. The Balaban J connectivity index is 1.59. The largest absolute Gasteiger partial charge is 0.349 e. The van der Waals surface area contributed by atoms with Gasteiger partial charge in [-0.25, -0.2) is 12.8 Å². The zero-order valence-corrected chi connectivity index (χ0v) is 29.8. The van der Waals surface area contributed by atoms with E-state index in [1.807, 2.05) is 0 Å². The number of benzene rings is 2. The van der Waals surface area contributed by atoms with Crippen molar-refractivity contribution in [2.75, 3.05) is 29.9 Å². The first-order chi connectivity index (χ1) is 24.0. The molecule has 4 rings (SSSR count). The lowest BCUT2D eigenvalue weighted by molar-refractivity contribution is -0.152. The van der Waals surface area contributed by atoms with Crippen LogP contribution in [-0.2, 0) is 34.9 Å². The third kappa shape index (κ3) is 9.27. The Labute approximate surface area is 296 Å². The first-order valence-electron chi connectivity index (χ1n) is 17.1. The first-order valence-corrected chi connectivity index (χ1v) is 18.9. The Hall–Kier alpha value is -4.45. The molecule has 1 aliphatic heterocycles. The molecule has 2 fully saturated rings. The molecule has 0 aromatic heterocycles. The summed E-state index contributed by atoms with van der Waals surface area (Å²) in [6.45, 7) is 4.48. The Morgan fingerprint density at radius 3 is 2.24 bits per heavy atom. The van der Waals surface area contributed by atoms with Gasteiger partial charge in [0.05, 0.1) is 28.8 Å². The van der Waals surface area contributed by atoms with Crippen molar-refractivity contribution < 1.29 is 40.8 Å². The van der Waals surface area contributed by atoms with Crippen molar-refractivity contribution in [1.29, 1.82) is 5.26 Å². The maximum absolute atomic E-state index is 15.7. The zero-order chi connectivity index (χ0) is 37.6. The van der Waals surface area contributed by atoms with Crippen molar-refractivity contribution in [3.8, 4) is 6.07 Å². The van der Waals surface area contributed by atoms with Crippen LogP contribution in [0.3, 0.4) is 0 Å². The van der Waals surface area contributed by atoms with Crippen LogP contribution in [0.5, 0.6) is 0 Å². The van der Waals surface area contributed by atoms with E-state index in [4.69, 9.17) is 5.26 Å². The normalized spacial score (nSPS) is 19.0. The lowest BCUT2D eigenvalue weighted by atomic mass is 9.79. The molecule has 1 heterocycles. The third-order valence-electron chi connectivity index (χ3n) is 9.98. The summed E-state index contributed by atoms with van der Waals surface area (Å²) in [5.74, 6) is -10.3. The summed E-state index contributed by atoms with van der Waals surface area (Å²) in [4.78, 5) is 54.4. The Kier molecular flexibility index (Phi) is 12.5. The predicted octanol–water partition coefficient (Wildman–Crippen LogP) is 4.53. The SMILES string of the molecule is CCC(=O)N[C@@H](C(=O)N1CCS(=O)(=O)CC1)[C@@H](C)c1ccc(NC(=O)[C@](C)(NC(=O)C(F)(F)c2cccc(C#N)c2)C2CCCCCC2)c(F)c1. The maximum atomic E-state index is 15.7. The minimum Gasteiger partial charge on any atom is -0.344 e. The third-order valence-corrected chi connectivity index (χ3v) is 11.6. The van der Waals surface area contributed by atoms with Crippen molar-refractivity contribution in [3.05, 3.63) is 65.0 Å². The Morgan fingerprint density at radius 2 is 1.65 bits per heavy atom. The topological polar surface area (TPSA) is 166 Å². The minimum atomic E-state index is -4.09. The highest BCUT2D eigenvalue weighted by atomic mass is 32.2. The lowest BCUT2D eigenvalue weighted by Gasteiger charge is -2.38. The van der Waals surface area contributed by atoms with Gasteiger partial charge in [-0.2, -0.15) is 14.0 Å². The molecule has 2 aliphatic rings. The number of amides is 4. The summed E-state index contributed by atoms with van der Waals surface area (Å²) < 4.78 is 70.6. The summed E-state index contributed by atoms with van der Waals surface area (Å²) in [6.07, 6.45) is 4.12. The molecule has 0 spiro atoms. The molecule has 3 atom stereocenters. The molecule has 276 valence electrons. The molecule has 0 radical (unpaired) electrons. The predicted molar refractivity (Wildman–Crippen MR) is 184 cm³/mol. The quantitative estimate of drug-likeness (QED) is 0.286. The van der Waals surface area contributed by atoms with Crippen molar-refractivity contribution in [2.24, 2.45) is 5.92 Å². The van der Waals surface area contributed by atoms with Crippen LogP contribution in [0.4, 0.5) is 18.9 Å². The van der Waals surface area contributed by atoms with Gasteiger partial charge in [0.1, 0.15) is 17.4 Å². The van der Waals surface area contributed by atoms with Crippen molar-refractivity contribution in [3.63, 3.8) is 0 Å². The number of carbonyl (C=O) groups excluding carboxylic acids is 4. The van der Waals surface area contributed by atoms with E-state index in [1.54, 1.807) is 19.9 Å². The van der Waals surface area contributed by atoms with Gasteiger partial charge < -0.3 is 20.9 Å². The number of nitriles is 1. The standard InChI is InChI=1S/C36H44F3N5O6S/c1-4-30(45)42-31(32(46)44-16-18-51(49,50)19-17-44)23(2)25-14-15-29(28(37)21-25)41-33(47)35(3,26-11-7-5-6-8-12-26)43-34(48)36(38,39)27-13-9-10-24(20-27)22-40/h9-10,13-15,20-21,23,26,31H,4-8,11-12,16-19H2,1-3H3,(H,41,47)(H,42,45)(H,43,48)/t23-,31+,35+/m0/s1. The van der Waals surface area contributed by atoms with Gasteiger partial charge in [0.15, 0.2) is 9.84 Å². The van der Waals surface area contributed by atoms with Gasteiger partial charge in [-0.05, 0) is 55.5 Å². The highest BCUT2D eigenvalue weighted by Gasteiger charge is 2.49. The fraction of sp³-hybridized carbons (Fsp3) is 0.528. The van der Waals surface area contributed by atoms with Crippen LogP contribution < -0.4 is 16.0 Å². The number of carbonyl (C=O) groups is 4. The van der Waals surface area contributed by atoms with Crippen LogP contribution in [0, 0.1) is 23.1 Å². The summed E-state index contributed by atoms with van der Waals surface area (Å²) in [5, 5.41) is 16.6. The lowest BCUT2D eigenvalue weighted by Crippen LogP contribution is -2.61. The molecule has 0 bridgehead atoms. The van der Waals surface area contributed by atoms with Gasteiger partial charge in [0.2, 0.25) is 17.7 Å². The van der Waals surface area contributed by atoms with Gasteiger partial charge in [-0.15, -0.1) is 0 Å². The van der Waals surface area contributed by atoms with E-state index in [0.717, 1.165) is 31.0 Å². The average molecular weight is 732 g/mol. The zero-order valence-electron chi connectivity index (χ0n) is 28.9. The molecule has 1 saturated heterocycles. The van der Waals surface area contributed by atoms with Crippen LogP contribution in [0.25, 0.3) is 0 Å². The van der Waals surface area contributed by atoms with Gasteiger partial charge in [0, 0.05) is 31.0 Å². The fourth-order valence-corrected chi connectivity index (χ4v) is 7.80. The number of nitrogens with zero attached hydrogens (tertiary/aromatic N) is 2. The molecule has 51 heavy (non-hydrogen) atoms. The minimum absolute atomic E-state index is 0.0415. The Morgan fingerprint density at radius 1 is 1.00 bits per heavy atom. The van der Waals surface area contributed by atoms with Crippen LogP contribution >= 0.6 is 0 Å². The molecule has 2 aromatic carbocycles. The molecule has 2 aromatic rings. The first kappa shape index (κ1) is 39.3. The fourth-order valence-electron chi connectivity index (χ4n) is 6.60. The van der Waals surface area contributed by atoms with E-state index in [0.29, 0.717) is 31.2 Å². The highest BCUT2D eigenvalue weighted by molar-refractivity contribution is 7.91. The van der Waals surface area contributed by atoms with Crippen LogP contribution in [0.1, 0.15) is 88.3 Å². The van der Waals surface area contributed by atoms with Gasteiger partial charge in [-0.3, -0.25) is 19.2 Å². The monoisotopic (exact) mass is 731 g/mol. The number of nitrogens with one attached hydrogen (secondary N) is 3. The number of sulfone groups is 1. The van der Waals surface area contributed by atoms with Crippen molar-refractivity contribution >= 4 is 39.2 Å². The highest BCUT2D eigenvalue weighted by Crippen LogP contribution is 2.36. The summed E-state index contributed by atoms with van der Waals surface area (Å²) >= 11 is 0. The summed E-state index contributed by atoms with van der Waals surface area (Å²) in [6, 6.07) is 8.92. The second-order valence-corrected chi connectivity index (χ2v) is 15.8. The molecular formula is C36H44F3N5O6S. The number of halogens is 3. The summed E-state index contributed by atoms with van der Waals surface area (Å²) in [7, 11) is -3.28. The number of hydrogen-bond acceptors (Lipinski definition) is 7. The van der Waals surface area contributed by atoms with Gasteiger partial charge >= 0.3 is 5.92 Å². The second kappa shape index (κ2) is 16.3. The molecule has 1 saturated carbocycles. The van der Waals surface area contributed by atoms with Crippen LogP contribution in [0.2, 0.25) is 0 Å². The molecular weight excluding hydrogens is 687 g/mol. The molecule has 4 amide bonds. The Bertz CT molecular complexity index is 1780. The number of hydrogen-bond donors (Lipinski definition) is 3. The van der Waals surface area contributed by atoms with E-state index >= 15 is 13.2 Å².